The third-order valence-electron chi connectivity index (χ3n) is 8.38. The molecule has 3 N–H and O–H groups in total. The molecule has 53 heavy (non-hydrogen) atoms. The van der Waals surface area contributed by atoms with Crippen LogP contribution in [0.1, 0.15) is 43.0 Å². The first-order valence-electron chi connectivity index (χ1n) is 16.9. The highest BCUT2D eigenvalue weighted by molar-refractivity contribution is 7.22. The molecule has 8 rings (SSSR count). The van der Waals surface area contributed by atoms with Crippen LogP contribution < -0.4 is 11.1 Å². The number of nitrogens with two attached hydrogens (primary N) is 1. The molecule has 0 spiro atoms. The van der Waals surface area contributed by atoms with E-state index in [4.69, 9.17) is 22.3 Å². The molecule has 0 aliphatic heterocycles. The summed E-state index contributed by atoms with van der Waals surface area (Å²) in [6.45, 7) is 7.98. The third kappa shape index (κ3) is 9.42. The van der Waals surface area contributed by atoms with Gasteiger partial charge in [0.15, 0.2) is 0 Å². The molecule has 6 nitrogen and oxygen atoms in total. The summed E-state index contributed by atoms with van der Waals surface area (Å²) in [6.07, 6.45) is 0. The van der Waals surface area contributed by atoms with Gasteiger partial charge in [0.05, 0.1) is 20.4 Å². The number of aryl methyl sites for hydroxylation is 4. The van der Waals surface area contributed by atoms with Gasteiger partial charge in [-0.05, 0) is 146 Å². The van der Waals surface area contributed by atoms with Crippen LogP contribution in [-0.4, -0.2) is 21.1 Å². The minimum Gasteiger partial charge on any atom is -0.399 e. The fourth-order valence-corrected chi connectivity index (χ4v) is 7.80. The summed E-state index contributed by atoms with van der Waals surface area (Å²) in [4.78, 5) is 32.4. The summed E-state index contributed by atoms with van der Waals surface area (Å²) >= 11 is 8.67. The predicted octanol–water partition coefficient (Wildman–Crippen LogP) is 12.1. The van der Waals surface area contributed by atoms with Gasteiger partial charge in [0.1, 0.15) is 10.0 Å². The van der Waals surface area contributed by atoms with Crippen molar-refractivity contribution >= 4 is 77.2 Å². The van der Waals surface area contributed by atoms with Crippen LogP contribution in [0.15, 0.2) is 133 Å². The van der Waals surface area contributed by atoms with Crippen molar-refractivity contribution < 1.29 is 9.59 Å². The molecule has 2 heterocycles. The summed E-state index contributed by atoms with van der Waals surface area (Å²) in [7, 11) is 0. The lowest BCUT2D eigenvalue weighted by molar-refractivity contribution is 0.102. The molecule has 6 aromatic carbocycles. The molecule has 0 aliphatic rings. The van der Waals surface area contributed by atoms with Crippen LogP contribution in [0, 0.1) is 27.7 Å². The molecule has 1 amide bonds. The number of carbonyl (C=O) groups is 2. The van der Waals surface area contributed by atoms with Gasteiger partial charge in [0.2, 0.25) is 0 Å². The lowest BCUT2D eigenvalue weighted by Gasteiger charge is -2.08. The van der Waals surface area contributed by atoms with E-state index in [1.54, 1.807) is 34.8 Å². The van der Waals surface area contributed by atoms with E-state index in [1.165, 1.54) is 20.5 Å². The number of amides is 1. The number of aromatic nitrogens is 2. The molecule has 8 aromatic rings. The van der Waals surface area contributed by atoms with E-state index >= 15 is 0 Å². The van der Waals surface area contributed by atoms with Crippen molar-refractivity contribution in [2.45, 2.75) is 27.7 Å². The number of rotatable bonds is 5. The van der Waals surface area contributed by atoms with E-state index in [0.717, 1.165) is 54.7 Å². The Kier molecular flexibility index (Phi) is 11.7. The average Bonchev–Trinajstić information content (AvgIpc) is 3.77. The van der Waals surface area contributed by atoms with E-state index in [1.807, 2.05) is 98.8 Å². The molecule has 0 bridgehead atoms. The highest BCUT2D eigenvalue weighted by Gasteiger charge is 2.11. The van der Waals surface area contributed by atoms with Crippen molar-refractivity contribution in [2.24, 2.45) is 0 Å². The SMILES string of the molecule is Cc1ccc2nc(-c3ccc(N)cc3)sc2c1.Cc1ccc2nc(-c3ccc(NC(=O)c4ccccc4C)cc3)sc2c1.Cc1ccccc1C(=O)Cl. The molecular formula is C44H37ClN4O2S2. The number of hydrogen-bond donors (Lipinski definition) is 2. The van der Waals surface area contributed by atoms with Crippen molar-refractivity contribution in [2.75, 3.05) is 11.1 Å². The lowest BCUT2D eigenvalue weighted by Crippen LogP contribution is -2.13. The standard InChI is InChI=1S/C22H18N2OS.C14H12N2S.C8H7ClO/c1-14-7-12-19-20(13-14)26-22(24-19)16-8-10-17(11-9-16)23-21(25)18-6-4-3-5-15(18)2;1-9-2-7-12-13(8-9)17-14(16-12)10-3-5-11(15)6-4-10;1-6-4-2-3-5-7(6)8(9)10/h3-13H,1-2H3,(H,23,25);2-8H,15H2,1H3;2-5H,1H3. The van der Waals surface area contributed by atoms with Gasteiger partial charge >= 0.3 is 0 Å². The fourth-order valence-electron chi connectivity index (χ4n) is 5.45. The van der Waals surface area contributed by atoms with Gasteiger partial charge in [-0.3, -0.25) is 9.59 Å². The first-order valence-corrected chi connectivity index (χ1v) is 18.9. The second-order valence-electron chi connectivity index (χ2n) is 12.5. The van der Waals surface area contributed by atoms with Gasteiger partial charge in [-0.2, -0.15) is 0 Å². The maximum atomic E-state index is 12.4. The number of hydrogen-bond acceptors (Lipinski definition) is 7. The maximum absolute atomic E-state index is 12.4. The van der Waals surface area contributed by atoms with Crippen LogP contribution in [-0.2, 0) is 0 Å². The Morgan fingerprint density at radius 2 is 1.04 bits per heavy atom. The van der Waals surface area contributed by atoms with E-state index in [9.17, 15) is 9.59 Å². The van der Waals surface area contributed by atoms with E-state index < -0.39 is 5.24 Å². The number of carbonyl (C=O) groups excluding carboxylic acids is 2. The van der Waals surface area contributed by atoms with Gasteiger partial charge in [0.25, 0.3) is 11.1 Å². The Balaban J connectivity index is 0.000000152. The molecule has 9 heteroatoms. The Morgan fingerprint density at radius 3 is 1.49 bits per heavy atom. The summed E-state index contributed by atoms with van der Waals surface area (Å²) in [5, 5.41) is 4.60. The topological polar surface area (TPSA) is 98.0 Å². The molecule has 0 aliphatic carbocycles. The second kappa shape index (κ2) is 16.8. The smallest absolute Gasteiger partial charge is 0.255 e. The van der Waals surface area contributed by atoms with Crippen molar-refractivity contribution in [1.82, 2.24) is 9.97 Å². The molecule has 2 aromatic heterocycles. The Bertz CT molecular complexity index is 2540. The monoisotopic (exact) mass is 752 g/mol. The lowest BCUT2D eigenvalue weighted by atomic mass is 10.1. The van der Waals surface area contributed by atoms with E-state index in [0.29, 0.717) is 11.1 Å². The number of fused-ring (bicyclic) bond motifs is 2. The van der Waals surface area contributed by atoms with Crippen molar-refractivity contribution in [3.8, 4) is 21.1 Å². The van der Waals surface area contributed by atoms with Crippen LogP contribution >= 0.6 is 34.3 Å². The van der Waals surface area contributed by atoms with Crippen LogP contribution in [0.3, 0.4) is 0 Å². The quantitative estimate of drug-likeness (QED) is 0.135. The number of nitrogens with zero attached hydrogens (tertiary/aromatic N) is 2. The van der Waals surface area contributed by atoms with Crippen LogP contribution in [0.4, 0.5) is 11.4 Å². The van der Waals surface area contributed by atoms with Gasteiger partial charge < -0.3 is 11.1 Å². The Labute approximate surface area is 322 Å². The van der Waals surface area contributed by atoms with E-state index in [2.05, 4.69) is 60.5 Å². The normalized spacial score (nSPS) is 10.6. The first-order chi connectivity index (χ1) is 25.5. The van der Waals surface area contributed by atoms with Gasteiger partial charge in [-0.1, -0.05) is 48.5 Å². The zero-order chi connectivity index (χ0) is 37.5. The van der Waals surface area contributed by atoms with Gasteiger partial charge in [-0.15, -0.1) is 22.7 Å². The molecule has 0 unspecified atom stereocenters. The number of anilines is 2. The number of benzene rings is 6. The zero-order valence-corrected chi connectivity index (χ0v) is 32.1. The number of nitrogen functional groups attached to an aromatic ring is 1. The summed E-state index contributed by atoms with van der Waals surface area (Å²) < 4.78 is 2.42. The molecular weight excluding hydrogens is 716 g/mol. The third-order valence-corrected chi connectivity index (χ3v) is 10.7. The van der Waals surface area contributed by atoms with Crippen molar-refractivity contribution in [3.63, 3.8) is 0 Å². The van der Waals surface area contributed by atoms with Gasteiger partial charge in [-0.25, -0.2) is 9.97 Å². The zero-order valence-electron chi connectivity index (χ0n) is 29.7. The second-order valence-corrected chi connectivity index (χ2v) is 14.9. The molecule has 0 fully saturated rings. The van der Waals surface area contributed by atoms with E-state index in [-0.39, 0.29) is 5.91 Å². The molecule has 0 radical (unpaired) electrons. The van der Waals surface area contributed by atoms with Crippen molar-refractivity contribution in [3.05, 3.63) is 167 Å². The van der Waals surface area contributed by atoms with Gasteiger partial charge in [0, 0.05) is 33.6 Å². The van der Waals surface area contributed by atoms with Crippen LogP contribution in [0.2, 0.25) is 0 Å². The molecule has 264 valence electrons. The molecule has 0 atom stereocenters. The molecule has 0 saturated carbocycles. The first kappa shape index (κ1) is 37.1. The summed E-state index contributed by atoms with van der Waals surface area (Å²) in [6, 6.07) is 43.1. The summed E-state index contributed by atoms with van der Waals surface area (Å²) in [5.41, 5.74) is 17.2. The highest BCUT2D eigenvalue weighted by atomic mass is 35.5. The van der Waals surface area contributed by atoms with Crippen molar-refractivity contribution in [1.29, 1.82) is 0 Å². The largest absolute Gasteiger partial charge is 0.399 e. The number of nitrogens with one attached hydrogen (secondary N) is 1. The number of halogens is 1. The minimum atomic E-state index is -0.391. The Morgan fingerprint density at radius 1 is 0.585 bits per heavy atom. The summed E-state index contributed by atoms with van der Waals surface area (Å²) in [5.74, 6) is -0.0914. The number of thiazole rings is 2. The minimum absolute atomic E-state index is 0.0914. The average molecular weight is 753 g/mol. The fraction of sp³-hybridized carbons (Fsp3) is 0.0909. The highest BCUT2D eigenvalue weighted by Crippen LogP contribution is 2.32. The predicted molar refractivity (Wildman–Crippen MR) is 224 cm³/mol. The van der Waals surface area contributed by atoms with Crippen LogP contribution in [0.25, 0.3) is 41.6 Å². The van der Waals surface area contributed by atoms with Crippen LogP contribution in [0.5, 0.6) is 0 Å². The molecule has 0 saturated heterocycles. The Hall–Kier alpha value is -5.67. The maximum Gasteiger partial charge on any atom is 0.255 e.